The molecule has 4 nitrogen and oxygen atoms in total. The molecule has 0 heterocycles. The Morgan fingerprint density at radius 2 is 1.64 bits per heavy atom. The van der Waals surface area contributed by atoms with Crippen LogP contribution in [-0.4, -0.2) is 23.0 Å². The molecule has 4 heteroatoms. The number of hydrogen-bond donors (Lipinski definition) is 2. The summed E-state index contributed by atoms with van der Waals surface area (Å²) in [6.07, 6.45) is 7.76. The highest BCUT2D eigenvalue weighted by molar-refractivity contribution is 5.77. The van der Waals surface area contributed by atoms with E-state index in [0.717, 1.165) is 25.7 Å². The van der Waals surface area contributed by atoms with Crippen LogP contribution >= 0.6 is 0 Å². The third kappa shape index (κ3) is 11.4. The van der Waals surface area contributed by atoms with Gasteiger partial charge in [0.25, 0.3) is 0 Å². The molecule has 1 aromatic carbocycles. The fraction of sp³-hybridized carbons (Fsp3) is 0.619. The van der Waals surface area contributed by atoms with Gasteiger partial charge in [0.15, 0.2) is 0 Å². The predicted octanol–water partition coefficient (Wildman–Crippen LogP) is 4.58. The maximum absolute atomic E-state index is 12.0. The smallest absolute Gasteiger partial charge is 0.305 e. The molecule has 0 bridgehead atoms. The average Bonchev–Trinajstić information content (AvgIpc) is 2.53. The summed E-state index contributed by atoms with van der Waals surface area (Å²) in [5.74, 6) is -0.505. The van der Waals surface area contributed by atoms with Crippen LogP contribution in [-0.2, 0) is 16.0 Å². The van der Waals surface area contributed by atoms with Crippen LogP contribution in [0.2, 0.25) is 0 Å². The van der Waals surface area contributed by atoms with Gasteiger partial charge in [0, 0.05) is 12.5 Å². The van der Waals surface area contributed by atoms with Gasteiger partial charge in [-0.05, 0) is 37.2 Å². The van der Waals surface area contributed by atoms with Crippen molar-refractivity contribution in [3.8, 4) is 0 Å². The molecule has 2 N–H and O–H groups in total. The number of benzene rings is 1. The minimum Gasteiger partial charge on any atom is -0.481 e. The van der Waals surface area contributed by atoms with E-state index in [1.807, 2.05) is 19.9 Å². The standard InChI is InChI=1S/C21H33NO3/c1-17(2)15-19(16-21(24)25)22-20(23)14-10-5-3-4-7-11-18-12-8-6-9-13-18/h6,8-9,12-13,17,19H,3-5,7,10-11,14-16H2,1-2H3,(H,22,23)(H,24,25). The summed E-state index contributed by atoms with van der Waals surface area (Å²) in [6, 6.07) is 10.3. The number of aliphatic carboxylic acids is 1. The molecule has 1 unspecified atom stereocenters. The molecule has 1 aromatic rings. The van der Waals surface area contributed by atoms with Gasteiger partial charge in [0.05, 0.1) is 6.42 Å². The summed E-state index contributed by atoms with van der Waals surface area (Å²) in [7, 11) is 0. The Morgan fingerprint density at radius 1 is 1.00 bits per heavy atom. The number of nitrogens with one attached hydrogen (secondary N) is 1. The van der Waals surface area contributed by atoms with Gasteiger partial charge in [0.1, 0.15) is 0 Å². The number of carbonyl (C=O) groups excluding carboxylic acids is 1. The van der Waals surface area contributed by atoms with Crippen LogP contribution in [0.5, 0.6) is 0 Å². The topological polar surface area (TPSA) is 66.4 Å². The third-order valence-corrected chi connectivity index (χ3v) is 4.25. The zero-order valence-corrected chi connectivity index (χ0v) is 15.7. The van der Waals surface area contributed by atoms with Crippen molar-refractivity contribution in [3.05, 3.63) is 35.9 Å². The van der Waals surface area contributed by atoms with Crippen molar-refractivity contribution in [2.45, 2.75) is 77.7 Å². The van der Waals surface area contributed by atoms with E-state index in [0.29, 0.717) is 18.8 Å². The lowest BCUT2D eigenvalue weighted by atomic mass is 10.0. The Balaban J connectivity index is 2.09. The first-order chi connectivity index (χ1) is 12.0. The summed E-state index contributed by atoms with van der Waals surface area (Å²) in [6.45, 7) is 4.08. The third-order valence-electron chi connectivity index (χ3n) is 4.25. The number of carboxylic acid groups (broad SMARTS) is 1. The van der Waals surface area contributed by atoms with Crippen molar-refractivity contribution in [2.75, 3.05) is 0 Å². The monoisotopic (exact) mass is 347 g/mol. The lowest BCUT2D eigenvalue weighted by Gasteiger charge is -2.18. The number of hydrogen-bond acceptors (Lipinski definition) is 2. The van der Waals surface area contributed by atoms with Crippen LogP contribution in [0.3, 0.4) is 0 Å². The molecular formula is C21H33NO3. The molecule has 140 valence electrons. The van der Waals surface area contributed by atoms with Crippen LogP contribution in [0.4, 0.5) is 0 Å². The molecule has 0 aliphatic carbocycles. The maximum Gasteiger partial charge on any atom is 0.305 e. The first kappa shape index (κ1) is 21.2. The van der Waals surface area contributed by atoms with E-state index < -0.39 is 5.97 Å². The molecule has 0 aliphatic rings. The van der Waals surface area contributed by atoms with Gasteiger partial charge in [-0.2, -0.15) is 0 Å². The minimum atomic E-state index is -0.857. The van der Waals surface area contributed by atoms with Crippen LogP contribution in [0.25, 0.3) is 0 Å². The number of rotatable bonds is 13. The van der Waals surface area contributed by atoms with Gasteiger partial charge in [-0.25, -0.2) is 0 Å². The van der Waals surface area contributed by atoms with E-state index in [1.165, 1.54) is 18.4 Å². The van der Waals surface area contributed by atoms with Crippen LogP contribution in [0.1, 0.15) is 70.8 Å². The molecule has 1 atom stereocenters. The van der Waals surface area contributed by atoms with Gasteiger partial charge in [-0.1, -0.05) is 63.4 Å². The first-order valence-electron chi connectivity index (χ1n) is 9.52. The van der Waals surface area contributed by atoms with E-state index in [1.54, 1.807) is 0 Å². The van der Waals surface area contributed by atoms with Gasteiger partial charge >= 0.3 is 5.97 Å². The van der Waals surface area contributed by atoms with Crippen molar-refractivity contribution in [2.24, 2.45) is 5.92 Å². The molecule has 1 rings (SSSR count). The zero-order valence-electron chi connectivity index (χ0n) is 15.7. The fourth-order valence-corrected chi connectivity index (χ4v) is 3.06. The highest BCUT2D eigenvalue weighted by Gasteiger charge is 2.17. The zero-order chi connectivity index (χ0) is 18.5. The molecule has 0 aliphatic heterocycles. The lowest BCUT2D eigenvalue weighted by Crippen LogP contribution is -2.37. The van der Waals surface area contributed by atoms with Gasteiger partial charge in [-0.3, -0.25) is 9.59 Å². The largest absolute Gasteiger partial charge is 0.481 e. The molecule has 25 heavy (non-hydrogen) atoms. The van der Waals surface area contributed by atoms with E-state index in [2.05, 4.69) is 29.6 Å². The molecule has 0 saturated carbocycles. The summed E-state index contributed by atoms with van der Waals surface area (Å²) in [4.78, 5) is 22.9. The molecule has 0 fully saturated rings. The Hall–Kier alpha value is -1.84. The van der Waals surface area contributed by atoms with Crippen LogP contribution in [0, 0.1) is 5.92 Å². The van der Waals surface area contributed by atoms with E-state index in [-0.39, 0.29) is 18.4 Å². The number of carbonyl (C=O) groups is 2. The second-order valence-electron chi connectivity index (χ2n) is 7.25. The minimum absolute atomic E-state index is 0.00338. The summed E-state index contributed by atoms with van der Waals surface area (Å²) in [5, 5.41) is 11.8. The predicted molar refractivity (Wildman–Crippen MR) is 101 cm³/mol. The van der Waals surface area contributed by atoms with E-state index in [4.69, 9.17) is 5.11 Å². The summed E-state index contributed by atoms with van der Waals surface area (Å²) < 4.78 is 0. The van der Waals surface area contributed by atoms with Gasteiger partial charge in [0.2, 0.25) is 5.91 Å². The summed E-state index contributed by atoms with van der Waals surface area (Å²) in [5.41, 5.74) is 1.39. The SMILES string of the molecule is CC(C)CC(CC(=O)O)NC(=O)CCCCCCCc1ccccc1. The van der Waals surface area contributed by atoms with E-state index in [9.17, 15) is 9.59 Å². The number of aryl methyl sites for hydroxylation is 1. The second kappa shape index (κ2) is 12.5. The maximum atomic E-state index is 12.0. The number of amides is 1. The fourth-order valence-electron chi connectivity index (χ4n) is 3.06. The molecule has 0 radical (unpaired) electrons. The normalized spacial score (nSPS) is 12.1. The molecule has 0 saturated heterocycles. The highest BCUT2D eigenvalue weighted by atomic mass is 16.4. The molecule has 0 spiro atoms. The number of unbranched alkanes of at least 4 members (excludes halogenated alkanes) is 4. The van der Waals surface area contributed by atoms with Crippen molar-refractivity contribution < 1.29 is 14.7 Å². The van der Waals surface area contributed by atoms with Gasteiger partial charge in [-0.15, -0.1) is 0 Å². The number of carboxylic acids is 1. The second-order valence-corrected chi connectivity index (χ2v) is 7.25. The van der Waals surface area contributed by atoms with Gasteiger partial charge < -0.3 is 10.4 Å². The molecular weight excluding hydrogens is 314 g/mol. The van der Waals surface area contributed by atoms with Crippen LogP contribution < -0.4 is 5.32 Å². The first-order valence-corrected chi connectivity index (χ1v) is 9.52. The van der Waals surface area contributed by atoms with E-state index >= 15 is 0 Å². The van der Waals surface area contributed by atoms with Crippen molar-refractivity contribution in [3.63, 3.8) is 0 Å². The van der Waals surface area contributed by atoms with Crippen molar-refractivity contribution in [1.82, 2.24) is 5.32 Å². The Morgan fingerprint density at radius 3 is 2.28 bits per heavy atom. The van der Waals surface area contributed by atoms with Crippen LogP contribution in [0.15, 0.2) is 30.3 Å². The van der Waals surface area contributed by atoms with Crippen molar-refractivity contribution in [1.29, 1.82) is 0 Å². The molecule has 1 amide bonds. The average molecular weight is 347 g/mol. The Bertz CT molecular complexity index is 499. The van der Waals surface area contributed by atoms with Crippen molar-refractivity contribution >= 4 is 11.9 Å². The highest BCUT2D eigenvalue weighted by Crippen LogP contribution is 2.11. The summed E-state index contributed by atoms with van der Waals surface area (Å²) >= 11 is 0. The quantitative estimate of drug-likeness (QED) is 0.513. The lowest BCUT2D eigenvalue weighted by molar-refractivity contribution is -0.137. The molecule has 0 aromatic heterocycles. The Labute approximate surface area is 152 Å². The Kier molecular flexibility index (Phi) is 10.6.